The Balaban J connectivity index is 3.06. The highest BCUT2D eigenvalue weighted by molar-refractivity contribution is 6.33. The fraction of sp³-hybridized carbons (Fsp3) is 0.250. The first-order valence-corrected chi connectivity index (χ1v) is 8.00. The van der Waals surface area contributed by atoms with Crippen molar-refractivity contribution in [3.8, 4) is 5.75 Å². The van der Waals surface area contributed by atoms with Crippen LogP contribution in [0.4, 0.5) is 4.39 Å². The summed E-state index contributed by atoms with van der Waals surface area (Å²) in [5.74, 6) is -1.33. The molecule has 1 rings (SSSR count). The minimum atomic E-state index is -1.43. The Morgan fingerprint density at radius 3 is 2.48 bits per heavy atom. The molecule has 0 aliphatic carbocycles. The van der Waals surface area contributed by atoms with Crippen LogP contribution in [-0.4, -0.2) is 13.1 Å². The van der Waals surface area contributed by atoms with E-state index in [1.807, 2.05) is 32.1 Å². The first-order chi connectivity index (χ1) is 11.7. The maximum atomic E-state index is 13.7. The summed E-state index contributed by atoms with van der Waals surface area (Å²) in [6.07, 6.45) is 7.14. The number of allylic oxidation sites excluding steroid dienone is 6. The van der Waals surface area contributed by atoms with Crippen LogP contribution in [0.3, 0.4) is 0 Å². The highest BCUT2D eigenvalue weighted by Gasteiger charge is 2.10. The van der Waals surface area contributed by atoms with E-state index in [0.29, 0.717) is 11.1 Å². The van der Waals surface area contributed by atoms with Gasteiger partial charge in [0, 0.05) is 5.56 Å². The number of aliphatic carboxylic acids is 1. The molecule has 0 saturated heterocycles. The molecule has 0 N–H and O–H groups in total. The first kappa shape index (κ1) is 20.7. The zero-order valence-electron chi connectivity index (χ0n) is 14.9. The Hall–Kier alpha value is -2.33. The van der Waals surface area contributed by atoms with Gasteiger partial charge in [-0.25, -0.2) is 4.39 Å². The molecule has 0 bridgehead atoms. The summed E-state index contributed by atoms with van der Waals surface area (Å²) in [5, 5.41) is 11.0. The zero-order valence-corrected chi connectivity index (χ0v) is 15.7. The van der Waals surface area contributed by atoms with Gasteiger partial charge in [-0.05, 0) is 62.6 Å². The van der Waals surface area contributed by atoms with Gasteiger partial charge in [0.1, 0.15) is 11.6 Å². The monoisotopic (exact) mass is 363 g/mol. The van der Waals surface area contributed by atoms with E-state index in [2.05, 4.69) is 0 Å². The number of carbonyl (C=O) groups is 1. The standard InChI is InChI=1S/C20H22ClFO3/c1-12(7-9-17(22)14(3)11-19(23)24)6-8-16-13(2)10-18(25-5)15(4)20(16)21/h6-11H,1-5H3,(H,23,24)/p-1/b8-6+,12-7+,14-11+,17-9-. The lowest BCUT2D eigenvalue weighted by molar-refractivity contribution is -0.297. The van der Waals surface area contributed by atoms with Crippen LogP contribution in [0.15, 0.2) is 47.3 Å². The first-order valence-electron chi connectivity index (χ1n) is 7.62. The van der Waals surface area contributed by atoms with E-state index in [0.717, 1.165) is 28.0 Å². The molecule has 1 aromatic carbocycles. The van der Waals surface area contributed by atoms with Crippen LogP contribution >= 0.6 is 11.6 Å². The normalized spacial score (nSPS) is 13.5. The van der Waals surface area contributed by atoms with Gasteiger partial charge in [-0.2, -0.15) is 0 Å². The number of benzene rings is 1. The molecule has 0 radical (unpaired) electrons. The minimum absolute atomic E-state index is 0.00213. The summed E-state index contributed by atoms with van der Waals surface area (Å²) < 4.78 is 19.0. The molecule has 0 fully saturated rings. The largest absolute Gasteiger partial charge is 0.545 e. The van der Waals surface area contributed by atoms with Gasteiger partial charge in [-0.15, -0.1) is 0 Å². The molecule has 5 heteroatoms. The second kappa shape index (κ2) is 9.23. The van der Waals surface area contributed by atoms with Crippen molar-refractivity contribution in [2.24, 2.45) is 0 Å². The van der Waals surface area contributed by atoms with Crippen LogP contribution < -0.4 is 9.84 Å². The molecular formula is C20H21ClFO3-. The van der Waals surface area contributed by atoms with Gasteiger partial charge < -0.3 is 14.6 Å². The van der Waals surface area contributed by atoms with E-state index in [1.165, 1.54) is 13.0 Å². The lowest BCUT2D eigenvalue weighted by Crippen LogP contribution is -2.19. The van der Waals surface area contributed by atoms with Gasteiger partial charge in [0.2, 0.25) is 0 Å². The highest BCUT2D eigenvalue weighted by atomic mass is 35.5. The van der Waals surface area contributed by atoms with E-state index in [4.69, 9.17) is 16.3 Å². The van der Waals surface area contributed by atoms with Gasteiger partial charge in [0.15, 0.2) is 0 Å². The van der Waals surface area contributed by atoms with Crippen molar-refractivity contribution in [1.29, 1.82) is 0 Å². The average molecular weight is 364 g/mol. The molecule has 1 aromatic rings. The van der Waals surface area contributed by atoms with E-state index < -0.39 is 11.8 Å². The summed E-state index contributed by atoms with van der Waals surface area (Å²) in [6.45, 7) is 6.98. The van der Waals surface area contributed by atoms with Crippen molar-refractivity contribution in [2.45, 2.75) is 27.7 Å². The van der Waals surface area contributed by atoms with Gasteiger partial charge >= 0.3 is 0 Å². The third-order valence-corrected chi connectivity index (χ3v) is 4.13. The van der Waals surface area contributed by atoms with Crippen LogP contribution in [0.25, 0.3) is 6.08 Å². The number of methoxy groups -OCH3 is 1. The van der Waals surface area contributed by atoms with Crippen molar-refractivity contribution in [3.63, 3.8) is 0 Å². The van der Waals surface area contributed by atoms with Crippen LogP contribution in [0.5, 0.6) is 5.75 Å². The van der Waals surface area contributed by atoms with Gasteiger partial charge in [0.25, 0.3) is 0 Å². The number of hydrogen-bond donors (Lipinski definition) is 0. The Kier molecular flexibility index (Phi) is 7.65. The summed E-state index contributed by atoms with van der Waals surface area (Å²) in [6, 6.07) is 1.91. The van der Waals surface area contributed by atoms with E-state index in [9.17, 15) is 14.3 Å². The predicted molar refractivity (Wildman–Crippen MR) is 98.2 cm³/mol. The fourth-order valence-corrected chi connectivity index (χ4v) is 2.44. The third kappa shape index (κ3) is 5.91. The Bertz CT molecular complexity index is 787. The number of rotatable bonds is 6. The van der Waals surface area contributed by atoms with Crippen LogP contribution in [0.1, 0.15) is 30.5 Å². The van der Waals surface area contributed by atoms with Crippen molar-refractivity contribution in [3.05, 3.63) is 69.1 Å². The molecular weight excluding hydrogens is 343 g/mol. The minimum Gasteiger partial charge on any atom is -0.545 e. The molecule has 0 heterocycles. The second-order valence-corrected chi connectivity index (χ2v) is 6.03. The van der Waals surface area contributed by atoms with E-state index in [-0.39, 0.29) is 5.57 Å². The molecule has 25 heavy (non-hydrogen) atoms. The number of aryl methyl sites for hydroxylation is 1. The molecule has 0 amide bonds. The molecule has 0 spiro atoms. The van der Waals surface area contributed by atoms with Crippen molar-refractivity contribution in [1.82, 2.24) is 0 Å². The van der Waals surface area contributed by atoms with Gasteiger partial charge in [-0.1, -0.05) is 35.4 Å². The summed E-state index contributed by atoms with van der Waals surface area (Å²) >= 11 is 6.39. The number of carboxylic acids is 1. The lowest BCUT2D eigenvalue weighted by atomic mass is 10.0. The predicted octanol–water partition coefficient (Wildman–Crippen LogP) is 4.47. The van der Waals surface area contributed by atoms with Crippen molar-refractivity contribution in [2.75, 3.05) is 7.11 Å². The average Bonchev–Trinajstić information content (AvgIpc) is 2.54. The summed E-state index contributed by atoms with van der Waals surface area (Å²) in [5.41, 5.74) is 3.46. The molecule has 0 aromatic heterocycles. The van der Waals surface area contributed by atoms with Crippen molar-refractivity contribution >= 4 is 23.6 Å². The Morgan fingerprint density at radius 1 is 1.28 bits per heavy atom. The number of carboxylic acid groups (broad SMARTS) is 1. The number of ether oxygens (including phenoxy) is 1. The third-order valence-electron chi connectivity index (χ3n) is 3.64. The smallest absolute Gasteiger partial charge is 0.126 e. The Labute approximate surface area is 152 Å². The topological polar surface area (TPSA) is 49.4 Å². The molecule has 3 nitrogen and oxygen atoms in total. The van der Waals surface area contributed by atoms with Crippen LogP contribution in [0.2, 0.25) is 5.02 Å². The Morgan fingerprint density at radius 2 is 1.92 bits per heavy atom. The number of hydrogen-bond acceptors (Lipinski definition) is 3. The quantitative estimate of drug-likeness (QED) is 0.553. The van der Waals surface area contributed by atoms with E-state index >= 15 is 0 Å². The fourth-order valence-electron chi connectivity index (χ4n) is 2.13. The SMILES string of the molecule is COc1cc(C)c(/C=C/C(C)=C/C=C(F)/C(C)=C/C(=O)[O-])c(Cl)c1C. The molecule has 0 aliphatic rings. The molecule has 0 unspecified atom stereocenters. The summed E-state index contributed by atoms with van der Waals surface area (Å²) in [7, 11) is 1.60. The molecule has 0 aliphatic heterocycles. The maximum Gasteiger partial charge on any atom is 0.126 e. The van der Waals surface area contributed by atoms with Crippen LogP contribution in [0, 0.1) is 13.8 Å². The van der Waals surface area contributed by atoms with Gasteiger partial charge in [-0.3, -0.25) is 0 Å². The van der Waals surface area contributed by atoms with E-state index in [1.54, 1.807) is 20.1 Å². The summed E-state index contributed by atoms with van der Waals surface area (Å²) in [4.78, 5) is 10.4. The highest BCUT2D eigenvalue weighted by Crippen LogP contribution is 2.32. The molecule has 0 atom stereocenters. The maximum absolute atomic E-state index is 13.7. The van der Waals surface area contributed by atoms with Crippen LogP contribution in [-0.2, 0) is 4.79 Å². The van der Waals surface area contributed by atoms with Gasteiger partial charge in [0.05, 0.1) is 18.1 Å². The molecule has 134 valence electrons. The lowest BCUT2D eigenvalue weighted by Gasteiger charge is -2.12. The number of carbonyl (C=O) groups excluding carboxylic acids is 1. The molecule has 0 saturated carbocycles. The van der Waals surface area contributed by atoms with Crippen molar-refractivity contribution < 1.29 is 19.0 Å². The number of halogens is 2. The zero-order chi connectivity index (χ0) is 19.1. The second-order valence-electron chi connectivity index (χ2n) is 5.65.